The molecule has 2 heterocycles. The number of esters is 1. The van der Waals surface area contributed by atoms with Gasteiger partial charge in [-0.2, -0.15) is 8.78 Å². The minimum atomic E-state index is -3.37. The number of carboxylic acid groups (broad SMARTS) is 1. The van der Waals surface area contributed by atoms with E-state index in [9.17, 15) is 19.5 Å². The molecule has 1 amide bonds. The molecule has 12 nitrogen and oxygen atoms in total. The summed E-state index contributed by atoms with van der Waals surface area (Å²) in [5, 5.41) is 14.9. The van der Waals surface area contributed by atoms with E-state index in [1.54, 1.807) is 39.0 Å². The van der Waals surface area contributed by atoms with Crippen LogP contribution in [0.15, 0.2) is 18.2 Å². The number of carbonyl (C=O) groups excluding carboxylic acids is 2. The topological polar surface area (TPSA) is 158 Å². The first kappa shape index (κ1) is 35.1. The summed E-state index contributed by atoms with van der Waals surface area (Å²) in [6, 6.07) is 3.04. The first-order valence-corrected chi connectivity index (χ1v) is 15.6. The predicted molar refractivity (Wildman–Crippen MR) is 163 cm³/mol. The van der Waals surface area contributed by atoms with E-state index in [-0.39, 0.29) is 42.3 Å². The Balaban J connectivity index is 1.40. The van der Waals surface area contributed by atoms with Crippen molar-refractivity contribution in [1.82, 2.24) is 20.6 Å². The van der Waals surface area contributed by atoms with Crippen LogP contribution in [0.4, 0.5) is 13.6 Å². The summed E-state index contributed by atoms with van der Waals surface area (Å²) in [7, 11) is 2.79. The first-order chi connectivity index (χ1) is 21.7. The highest BCUT2D eigenvalue weighted by atomic mass is 19.3. The molecule has 1 aromatic carbocycles. The van der Waals surface area contributed by atoms with Crippen LogP contribution in [0.5, 0.6) is 11.6 Å². The van der Waals surface area contributed by atoms with E-state index in [1.165, 1.54) is 14.2 Å². The van der Waals surface area contributed by atoms with Gasteiger partial charge in [-0.25, -0.2) is 19.6 Å². The Morgan fingerprint density at radius 3 is 2.48 bits per heavy atom. The second kappa shape index (κ2) is 14.3. The van der Waals surface area contributed by atoms with Gasteiger partial charge in [-0.1, -0.05) is 34.1 Å². The molecule has 2 aromatic rings. The molecule has 1 aliphatic heterocycles. The van der Waals surface area contributed by atoms with Gasteiger partial charge in [0.2, 0.25) is 5.88 Å². The molecule has 1 aliphatic carbocycles. The second-order valence-corrected chi connectivity index (χ2v) is 13.0. The smallest absolute Gasteiger partial charge is 0.408 e. The molecule has 0 bridgehead atoms. The van der Waals surface area contributed by atoms with Gasteiger partial charge in [0.1, 0.15) is 30.0 Å². The van der Waals surface area contributed by atoms with Gasteiger partial charge in [-0.05, 0) is 49.1 Å². The lowest BCUT2D eigenvalue weighted by molar-refractivity contribution is -0.144. The predicted octanol–water partition coefficient (Wildman–Crippen LogP) is 4.82. The van der Waals surface area contributed by atoms with Crippen LogP contribution < -0.4 is 20.1 Å². The summed E-state index contributed by atoms with van der Waals surface area (Å²) in [5.41, 5.74) is -0.681. The minimum absolute atomic E-state index is 0.0234. The number of carboxylic acids is 1. The van der Waals surface area contributed by atoms with Crippen LogP contribution in [-0.4, -0.2) is 78.2 Å². The molecule has 4 rings (SSSR count). The Kier molecular flexibility index (Phi) is 10.9. The summed E-state index contributed by atoms with van der Waals surface area (Å²) in [6.07, 6.45) is 0.0408. The van der Waals surface area contributed by atoms with Crippen LogP contribution in [0, 0.1) is 17.3 Å². The largest absolute Gasteiger partial charge is 0.497 e. The molecular weight excluding hydrogens is 606 g/mol. The van der Waals surface area contributed by atoms with E-state index in [4.69, 9.17) is 18.9 Å². The van der Waals surface area contributed by atoms with Crippen LogP contribution in [0.25, 0.3) is 11.0 Å². The molecule has 46 heavy (non-hydrogen) atoms. The number of fused-ring (bicyclic) bond motifs is 1. The van der Waals surface area contributed by atoms with Gasteiger partial charge in [0.25, 0.3) is 5.92 Å². The number of halogens is 2. The van der Waals surface area contributed by atoms with Crippen molar-refractivity contribution >= 4 is 29.1 Å². The van der Waals surface area contributed by atoms with E-state index in [2.05, 4.69) is 20.6 Å². The monoisotopic (exact) mass is 650 g/mol. The number of aromatic nitrogens is 2. The normalized spacial score (nSPS) is 23.4. The molecule has 0 unspecified atom stereocenters. The van der Waals surface area contributed by atoms with Crippen molar-refractivity contribution in [3.63, 3.8) is 0 Å². The molecule has 3 N–H and O–H groups in total. The van der Waals surface area contributed by atoms with Gasteiger partial charge >= 0.3 is 18.0 Å². The van der Waals surface area contributed by atoms with Crippen molar-refractivity contribution in [1.29, 1.82) is 0 Å². The lowest BCUT2D eigenvalue weighted by Crippen LogP contribution is -2.49. The number of nitrogens with one attached hydrogen (secondary N) is 2. The molecule has 2 fully saturated rings. The maximum atomic E-state index is 15.9. The van der Waals surface area contributed by atoms with E-state index >= 15 is 8.78 Å². The van der Waals surface area contributed by atoms with E-state index in [0.29, 0.717) is 36.9 Å². The fraction of sp³-hybridized carbons (Fsp3) is 0.656. The van der Waals surface area contributed by atoms with E-state index < -0.39 is 59.7 Å². The Morgan fingerprint density at radius 2 is 1.85 bits per heavy atom. The number of carbonyl (C=O) groups is 3. The molecule has 0 radical (unpaired) electrons. The Morgan fingerprint density at radius 1 is 1.11 bits per heavy atom. The fourth-order valence-electron chi connectivity index (χ4n) is 5.86. The van der Waals surface area contributed by atoms with Crippen LogP contribution >= 0.6 is 0 Å². The lowest BCUT2D eigenvalue weighted by atomic mass is 9.87. The number of hydrogen-bond acceptors (Lipinski definition) is 10. The van der Waals surface area contributed by atoms with Crippen molar-refractivity contribution in [2.24, 2.45) is 17.3 Å². The molecular formula is C32H44F2N4O8. The van der Waals surface area contributed by atoms with Gasteiger partial charge in [-0.3, -0.25) is 4.79 Å². The number of benzene rings is 1. The quantitative estimate of drug-likeness (QED) is 0.190. The number of alkyl carbamates (subject to hydrolysis) is 1. The van der Waals surface area contributed by atoms with E-state index in [0.717, 1.165) is 0 Å². The average molecular weight is 651 g/mol. The number of alkyl halides is 2. The van der Waals surface area contributed by atoms with Crippen LogP contribution in [0.1, 0.15) is 71.9 Å². The number of hydrogen-bond donors (Lipinski definition) is 3. The number of unbranched alkanes of at least 4 members (excludes halogenated alkanes) is 1. The van der Waals surface area contributed by atoms with Crippen LogP contribution in [-0.2, 0) is 25.0 Å². The Hall–Kier alpha value is -3.81. The van der Waals surface area contributed by atoms with Crippen LogP contribution in [0.2, 0.25) is 0 Å². The molecule has 14 heteroatoms. The average Bonchev–Trinajstić information content (AvgIpc) is 3.61. The Bertz CT molecular complexity index is 1420. The van der Waals surface area contributed by atoms with Crippen molar-refractivity contribution in [2.45, 2.75) is 96.4 Å². The van der Waals surface area contributed by atoms with Gasteiger partial charge < -0.3 is 34.7 Å². The zero-order valence-corrected chi connectivity index (χ0v) is 27.1. The first-order valence-electron chi connectivity index (χ1n) is 15.6. The number of aliphatic carboxylic acids is 1. The van der Waals surface area contributed by atoms with Crippen molar-refractivity contribution in [2.75, 3.05) is 20.8 Å². The third-order valence-electron chi connectivity index (χ3n) is 8.63. The fourth-order valence-corrected chi connectivity index (χ4v) is 5.86. The third kappa shape index (κ3) is 8.31. The summed E-state index contributed by atoms with van der Waals surface area (Å²) in [5.74, 6) is -5.08. The summed E-state index contributed by atoms with van der Waals surface area (Å²) in [4.78, 5) is 44.8. The molecule has 1 saturated carbocycles. The highest BCUT2D eigenvalue weighted by Crippen LogP contribution is 2.42. The molecule has 1 saturated heterocycles. The zero-order valence-electron chi connectivity index (χ0n) is 27.1. The third-order valence-corrected chi connectivity index (χ3v) is 8.63. The molecule has 0 spiro atoms. The lowest BCUT2D eigenvalue weighted by Gasteiger charge is -2.27. The maximum Gasteiger partial charge on any atom is 0.408 e. The summed E-state index contributed by atoms with van der Waals surface area (Å²) in [6.45, 7) is 7.23. The van der Waals surface area contributed by atoms with Crippen molar-refractivity contribution in [3.05, 3.63) is 23.9 Å². The zero-order chi connectivity index (χ0) is 33.8. The Labute approximate surface area is 266 Å². The minimum Gasteiger partial charge on any atom is -0.497 e. The number of amides is 1. The molecule has 2 aliphatic rings. The van der Waals surface area contributed by atoms with Gasteiger partial charge in [0.15, 0.2) is 5.69 Å². The van der Waals surface area contributed by atoms with Gasteiger partial charge in [0.05, 0.1) is 25.3 Å². The number of ether oxygens (including phenoxy) is 4. The number of rotatable bonds is 14. The summed E-state index contributed by atoms with van der Waals surface area (Å²) < 4.78 is 53.3. The van der Waals surface area contributed by atoms with Crippen LogP contribution in [0.3, 0.4) is 0 Å². The van der Waals surface area contributed by atoms with Gasteiger partial charge in [-0.15, -0.1) is 0 Å². The second-order valence-electron chi connectivity index (χ2n) is 13.0. The maximum absolute atomic E-state index is 15.9. The standard InChI is InChI=1S/C32H44F2N4O8/c1-7-19-23(16-35-24(19)29(41)44-6)45-27-25(36-20-12-11-18(43-5)15-21(20)37-27)32(33,34)13-9-8-10-17-14-22(17)46-30(42)38-26(28(39)40)31(2,3)4/h11-12,15,17,19,22-24,26,35H,7-10,13-14,16H2,1-6H3,(H,38,42)(H,39,40)/t17-,19-,22-,23+,24+,26-/m1/s1. The summed E-state index contributed by atoms with van der Waals surface area (Å²) >= 11 is 0. The highest BCUT2D eigenvalue weighted by molar-refractivity contribution is 5.81. The van der Waals surface area contributed by atoms with Crippen molar-refractivity contribution in [3.8, 4) is 11.6 Å². The van der Waals surface area contributed by atoms with Gasteiger partial charge in [0, 0.05) is 24.9 Å². The molecule has 254 valence electrons. The SMILES string of the molecule is CC[C@@H]1[C@@H](Oc2nc3cc(OC)ccc3nc2C(F)(F)CCCC[C@@H]2C[C@H]2OC(=O)N[C@H](C(=O)O)C(C)(C)C)CN[C@@H]1C(=O)OC. The number of nitrogens with zero attached hydrogens (tertiary/aromatic N) is 2. The number of methoxy groups -OCH3 is 2. The molecule has 1 aromatic heterocycles. The van der Waals surface area contributed by atoms with Crippen molar-refractivity contribution < 1.29 is 47.2 Å². The highest BCUT2D eigenvalue weighted by Gasteiger charge is 2.45. The van der Waals surface area contributed by atoms with E-state index in [1.807, 2.05) is 6.92 Å². The molecule has 6 atom stereocenters.